The molecule has 4 heterocycles. The summed E-state index contributed by atoms with van der Waals surface area (Å²) in [6.07, 6.45) is 4.31. The molecule has 0 spiro atoms. The lowest BCUT2D eigenvalue weighted by molar-refractivity contribution is 0.0948. The van der Waals surface area contributed by atoms with Gasteiger partial charge in [-0.2, -0.15) is 0 Å². The van der Waals surface area contributed by atoms with Gasteiger partial charge in [-0.1, -0.05) is 5.16 Å². The smallest absolute Gasteiger partial charge is 0.252 e. The van der Waals surface area contributed by atoms with Gasteiger partial charge >= 0.3 is 0 Å². The number of hydrogen-bond acceptors (Lipinski definition) is 6. The summed E-state index contributed by atoms with van der Waals surface area (Å²) < 4.78 is 5.26. The fourth-order valence-electron chi connectivity index (χ4n) is 3.31. The number of imidazole rings is 1. The van der Waals surface area contributed by atoms with Crippen LogP contribution in [0.5, 0.6) is 0 Å². The molecule has 4 rings (SSSR count). The molecule has 0 aliphatic carbocycles. The molecule has 26 heavy (non-hydrogen) atoms. The third kappa shape index (κ3) is 3.30. The average Bonchev–Trinajstić information content (AvgIpc) is 3.36. The number of amides is 1. The molecule has 136 valence electrons. The van der Waals surface area contributed by atoms with Gasteiger partial charge < -0.3 is 14.8 Å². The Hall–Kier alpha value is -2.45. The Morgan fingerprint density at radius 3 is 3.08 bits per heavy atom. The largest absolute Gasteiger partial charge is 0.361 e. The monoisotopic (exact) mass is 371 g/mol. The Bertz CT molecular complexity index is 893. The summed E-state index contributed by atoms with van der Waals surface area (Å²) in [6.45, 7) is 6.96. The van der Waals surface area contributed by atoms with Gasteiger partial charge in [0.25, 0.3) is 5.91 Å². The molecule has 3 aromatic heterocycles. The quantitative estimate of drug-likeness (QED) is 0.720. The highest BCUT2D eigenvalue weighted by Crippen LogP contribution is 2.30. The third-order valence-electron chi connectivity index (χ3n) is 4.80. The van der Waals surface area contributed by atoms with Crippen molar-refractivity contribution in [1.82, 2.24) is 25.3 Å². The number of aromatic nitrogens is 3. The van der Waals surface area contributed by atoms with Crippen molar-refractivity contribution in [2.75, 3.05) is 6.54 Å². The summed E-state index contributed by atoms with van der Waals surface area (Å²) >= 11 is 1.66. The van der Waals surface area contributed by atoms with Gasteiger partial charge in [0.05, 0.1) is 17.8 Å². The highest BCUT2D eigenvalue weighted by Gasteiger charge is 2.25. The summed E-state index contributed by atoms with van der Waals surface area (Å²) in [5, 5.41) is 8.95. The Labute approximate surface area is 155 Å². The van der Waals surface area contributed by atoms with Crippen molar-refractivity contribution in [2.24, 2.45) is 0 Å². The second-order valence-electron chi connectivity index (χ2n) is 6.53. The van der Waals surface area contributed by atoms with E-state index in [1.165, 1.54) is 16.0 Å². The maximum Gasteiger partial charge on any atom is 0.252 e. The van der Waals surface area contributed by atoms with Crippen LogP contribution in [0.15, 0.2) is 22.3 Å². The molecule has 0 radical (unpaired) electrons. The summed E-state index contributed by atoms with van der Waals surface area (Å²) in [4.78, 5) is 23.3. The van der Waals surface area contributed by atoms with Gasteiger partial charge in [0, 0.05) is 47.8 Å². The lowest BCUT2D eigenvalue weighted by Crippen LogP contribution is -2.31. The molecule has 8 heteroatoms. The van der Waals surface area contributed by atoms with Crippen LogP contribution in [0.3, 0.4) is 0 Å². The lowest BCUT2D eigenvalue weighted by atomic mass is 10.0. The molecular weight excluding hydrogens is 350 g/mol. The second kappa shape index (κ2) is 7.05. The maximum absolute atomic E-state index is 12.5. The first kappa shape index (κ1) is 17.0. The minimum atomic E-state index is -0.0296. The van der Waals surface area contributed by atoms with Gasteiger partial charge in [-0.05, 0) is 25.8 Å². The van der Waals surface area contributed by atoms with E-state index < -0.39 is 0 Å². The number of nitrogens with one attached hydrogen (secondary N) is 2. The zero-order valence-electron chi connectivity index (χ0n) is 14.8. The number of rotatable bonds is 5. The zero-order valence-corrected chi connectivity index (χ0v) is 15.7. The fourth-order valence-corrected chi connectivity index (χ4v) is 4.43. The van der Waals surface area contributed by atoms with Crippen molar-refractivity contribution in [2.45, 2.75) is 39.9 Å². The normalized spacial score (nSPS) is 14.4. The Morgan fingerprint density at radius 1 is 1.46 bits per heavy atom. The van der Waals surface area contributed by atoms with Crippen molar-refractivity contribution >= 4 is 17.2 Å². The highest BCUT2D eigenvalue weighted by molar-refractivity contribution is 7.10. The first-order valence-corrected chi connectivity index (χ1v) is 9.49. The molecule has 0 saturated carbocycles. The highest BCUT2D eigenvalue weighted by atomic mass is 32.1. The molecule has 1 aliphatic heterocycles. The predicted molar refractivity (Wildman–Crippen MR) is 97.9 cm³/mol. The van der Waals surface area contributed by atoms with E-state index in [9.17, 15) is 4.79 Å². The van der Waals surface area contributed by atoms with E-state index in [2.05, 4.69) is 25.3 Å². The minimum absolute atomic E-state index is 0.0296. The molecule has 1 aliphatic rings. The van der Waals surface area contributed by atoms with E-state index in [4.69, 9.17) is 4.52 Å². The first-order chi connectivity index (χ1) is 12.6. The predicted octanol–water partition coefficient (Wildman–Crippen LogP) is 2.56. The van der Waals surface area contributed by atoms with Crippen molar-refractivity contribution in [3.05, 3.63) is 56.6 Å². The van der Waals surface area contributed by atoms with E-state index in [0.29, 0.717) is 6.54 Å². The summed E-state index contributed by atoms with van der Waals surface area (Å²) in [7, 11) is 0. The number of fused-ring (bicyclic) bond motifs is 1. The molecule has 0 aromatic carbocycles. The van der Waals surface area contributed by atoms with Gasteiger partial charge in [-0.25, -0.2) is 4.98 Å². The Balaban J connectivity index is 1.42. The molecule has 3 aromatic rings. The first-order valence-electron chi connectivity index (χ1n) is 8.61. The SMILES string of the molecule is Cc1noc(C)c1CN1CCc2c(C(=O)NCc3ncc[nH]3)csc2C1. The molecule has 0 unspecified atom stereocenters. The molecule has 7 nitrogen and oxygen atoms in total. The van der Waals surface area contributed by atoms with Crippen LogP contribution in [0.25, 0.3) is 0 Å². The van der Waals surface area contributed by atoms with Crippen molar-refractivity contribution in [1.29, 1.82) is 0 Å². The number of nitrogens with zero attached hydrogens (tertiary/aromatic N) is 3. The van der Waals surface area contributed by atoms with Crippen LogP contribution in [-0.4, -0.2) is 32.5 Å². The number of carbonyl (C=O) groups excluding carboxylic acids is 1. The van der Waals surface area contributed by atoms with Gasteiger partial charge in [0.1, 0.15) is 11.6 Å². The number of thiophene rings is 1. The number of aryl methyl sites for hydroxylation is 2. The van der Waals surface area contributed by atoms with Crippen LogP contribution in [0.2, 0.25) is 0 Å². The van der Waals surface area contributed by atoms with E-state index >= 15 is 0 Å². The fraction of sp³-hybridized carbons (Fsp3) is 0.389. The zero-order chi connectivity index (χ0) is 18.1. The third-order valence-corrected chi connectivity index (χ3v) is 5.82. The second-order valence-corrected chi connectivity index (χ2v) is 7.50. The van der Waals surface area contributed by atoms with Gasteiger partial charge in [0.2, 0.25) is 0 Å². The van der Waals surface area contributed by atoms with Crippen molar-refractivity contribution in [3.63, 3.8) is 0 Å². The Morgan fingerprint density at radius 2 is 2.35 bits per heavy atom. The van der Waals surface area contributed by atoms with Crippen molar-refractivity contribution in [3.8, 4) is 0 Å². The number of carbonyl (C=O) groups is 1. The molecule has 2 N–H and O–H groups in total. The van der Waals surface area contributed by atoms with Crippen LogP contribution < -0.4 is 5.32 Å². The van der Waals surface area contributed by atoms with Crippen molar-refractivity contribution < 1.29 is 9.32 Å². The lowest BCUT2D eigenvalue weighted by Gasteiger charge is -2.27. The van der Waals surface area contributed by atoms with E-state index in [1.54, 1.807) is 23.7 Å². The summed E-state index contributed by atoms with van der Waals surface area (Å²) in [5.41, 5.74) is 4.11. The summed E-state index contributed by atoms with van der Waals surface area (Å²) in [6, 6.07) is 0. The van der Waals surface area contributed by atoms with E-state index in [0.717, 1.165) is 48.9 Å². The van der Waals surface area contributed by atoms with Crippen LogP contribution in [0.4, 0.5) is 0 Å². The molecule has 0 atom stereocenters. The van der Waals surface area contributed by atoms with Gasteiger partial charge in [-0.15, -0.1) is 11.3 Å². The standard InChI is InChI=1S/C18H21N5O2S/c1-11-14(12(2)25-22-11)8-23-6-3-13-15(10-26-16(13)9-23)18(24)21-7-17-19-4-5-20-17/h4-5,10H,3,6-9H2,1-2H3,(H,19,20)(H,21,24). The van der Waals surface area contributed by atoms with Crippen LogP contribution in [0, 0.1) is 13.8 Å². The van der Waals surface area contributed by atoms with Crippen LogP contribution in [-0.2, 0) is 26.1 Å². The summed E-state index contributed by atoms with van der Waals surface area (Å²) in [5.74, 6) is 1.61. The Kier molecular flexibility index (Phi) is 4.60. The van der Waals surface area contributed by atoms with Crippen LogP contribution >= 0.6 is 11.3 Å². The van der Waals surface area contributed by atoms with E-state index in [1.807, 2.05) is 19.2 Å². The minimum Gasteiger partial charge on any atom is -0.361 e. The van der Waals surface area contributed by atoms with Gasteiger partial charge in [-0.3, -0.25) is 9.69 Å². The maximum atomic E-state index is 12.5. The molecular formula is C18H21N5O2S. The van der Waals surface area contributed by atoms with Crippen LogP contribution in [0.1, 0.15) is 43.6 Å². The average molecular weight is 371 g/mol. The molecule has 1 amide bonds. The van der Waals surface area contributed by atoms with Gasteiger partial charge in [0.15, 0.2) is 0 Å². The topological polar surface area (TPSA) is 87.1 Å². The number of H-pyrrole nitrogens is 1. The molecule has 0 saturated heterocycles. The number of hydrogen-bond donors (Lipinski definition) is 2. The molecule has 0 fully saturated rings. The molecule has 0 bridgehead atoms. The van der Waals surface area contributed by atoms with E-state index in [-0.39, 0.29) is 5.91 Å². The number of aromatic amines is 1.